The molecule has 0 amide bonds. The van der Waals surface area contributed by atoms with Gasteiger partial charge in [0.15, 0.2) is 0 Å². The lowest BCUT2D eigenvalue weighted by Crippen LogP contribution is -2.39. The largest absolute Gasteiger partial charge is 0.495 e. The number of nitrogens with one attached hydrogen (secondary N) is 4. The summed E-state index contributed by atoms with van der Waals surface area (Å²) in [7, 11) is -2.53. The lowest BCUT2D eigenvalue weighted by Gasteiger charge is -2.14. The zero-order valence-corrected chi connectivity index (χ0v) is 20.7. The molecule has 0 radical (unpaired) electrons. The fraction of sp³-hybridized carbons (Fsp3) is 0.238. The standard InChI is InChI=1S/C21H25N9O3S2/c1-3-26-30-20(29-22)6-7-27-35(31,32)19-9-14-15(10-17(19)33-2)23-11-24-21(14)28-13-4-5-18-16(8-13)25-12-34-18/h4-5,8-12,26-27H,3,6-7,22H2,1-2H3,(H,29,30)(H,23,24,28). The molecular formula is C21H25N9O3S2. The van der Waals surface area contributed by atoms with Crippen LogP contribution >= 0.6 is 11.3 Å². The van der Waals surface area contributed by atoms with E-state index in [1.165, 1.54) is 19.5 Å². The van der Waals surface area contributed by atoms with Crippen LogP contribution in [0.4, 0.5) is 11.5 Å². The van der Waals surface area contributed by atoms with Crippen LogP contribution in [0.5, 0.6) is 5.75 Å². The first-order valence-electron chi connectivity index (χ1n) is 10.6. The van der Waals surface area contributed by atoms with Gasteiger partial charge in [0.25, 0.3) is 0 Å². The maximum absolute atomic E-state index is 13.2. The fourth-order valence-electron chi connectivity index (χ4n) is 3.34. The summed E-state index contributed by atoms with van der Waals surface area (Å²) in [6.07, 6.45) is 1.66. The van der Waals surface area contributed by atoms with Crippen LogP contribution in [0.1, 0.15) is 13.3 Å². The smallest absolute Gasteiger partial charge is 0.244 e. The molecule has 0 unspecified atom stereocenters. The van der Waals surface area contributed by atoms with Crippen molar-refractivity contribution < 1.29 is 13.2 Å². The third kappa shape index (κ3) is 5.57. The van der Waals surface area contributed by atoms with Crippen LogP contribution in [-0.2, 0) is 10.0 Å². The third-order valence-corrected chi connectivity index (χ3v) is 7.31. The SMILES string of the molecule is CCNNC(CCNS(=O)(=O)c1cc2c(Nc3ccc4scnc4c3)ncnc2cc1OC)=NN. The van der Waals surface area contributed by atoms with Crippen molar-refractivity contribution in [3.8, 4) is 5.75 Å². The van der Waals surface area contributed by atoms with Gasteiger partial charge in [-0.1, -0.05) is 6.92 Å². The molecule has 2 aromatic carbocycles. The number of anilines is 2. The van der Waals surface area contributed by atoms with E-state index in [1.54, 1.807) is 22.9 Å². The van der Waals surface area contributed by atoms with Crippen molar-refractivity contribution >= 4 is 59.8 Å². The van der Waals surface area contributed by atoms with Gasteiger partial charge in [0.05, 0.1) is 28.4 Å². The number of hydrazine groups is 1. The average Bonchev–Trinajstić information content (AvgIpc) is 3.33. The monoisotopic (exact) mass is 515 g/mol. The molecular weight excluding hydrogens is 490 g/mol. The molecule has 2 heterocycles. The molecule has 0 saturated heterocycles. The molecule has 0 bridgehead atoms. The van der Waals surface area contributed by atoms with E-state index in [-0.39, 0.29) is 23.6 Å². The van der Waals surface area contributed by atoms with Gasteiger partial charge < -0.3 is 21.3 Å². The Morgan fingerprint density at radius 2 is 2.03 bits per heavy atom. The minimum atomic E-state index is -3.94. The van der Waals surface area contributed by atoms with E-state index >= 15 is 0 Å². The number of ether oxygens (including phenoxy) is 1. The van der Waals surface area contributed by atoms with Crippen LogP contribution in [0.2, 0.25) is 0 Å². The summed E-state index contributed by atoms with van der Waals surface area (Å²) in [5, 5.41) is 7.38. The highest BCUT2D eigenvalue weighted by atomic mass is 32.2. The lowest BCUT2D eigenvalue weighted by molar-refractivity contribution is 0.403. The summed E-state index contributed by atoms with van der Waals surface area (Å²) in [5.41, 5.74) is 9.62. The predicted molar refractivity (Wildman–Crippen MR) is 137 cm³/mol. The molecule has 0 atom stereocenters. The number of aromatic nitrogens is 3. The number of hydrazone groups is 1. The Bertz CT molecular complexity index is 1470. The number of methoxy groups -OCH3 is 1. The maximum atomic E-state index is 13.2. The second kappa shape index (κ2) is 10.8. The Balaban J connectivity index is 1.63. The quantitative estimate of drug-likeness (QED) is 0.0912. The minimum Gasteiger partial charge on any atom is -0.495 e. The number of nitrogens with zero attached hydrogens (tertiary/aromatic N) is 4. The Morgan fingerprint density at radius 3 is 2.80 bits per heavy atom. The number of hydrogen-bond acceptors (Lipinski definition) is 11. The molecule has 6 N–H and O–H groups in total. The van der Waals surface area contributed by atoms with Crippen LogP contribution in [0.25, 0.3) is 21.1 Å². The maximum Gasteiger partial charge on any atom is 0.244 e. The number of rotatable bonds is 10. The van der Waals surface area contributed by atoms with Gasteiger partial charge in [-0.2, -0.15) is 5.10 Å². The molecule has 0 aliphatic heterocycles. The Kier molecular flexibility index (Phi) is 7.55. The van der Waals surface area contributed by atoms with Crippen LogP contribution in [-0.4, -0.2) is 49.4 Å². The van der Waals surface area contributed by atoms with E-state index in [1.807, 2.05) is 25.1 Å². The van der Waals surface area contributed by atoms with Crippen LogP contribution in [0.15, 0.2) is 52.2 Å². The summed E-state index contributed by atoms with van der Waals surface area (Å²) < 4.78 is 35.3. The van der Waals surface area contributed by atoms with E-state index in [4.69, 9.17) is 10.6 Å². The van der Waals surface area contributed by atoms with Crippen LogP contribution in [0, 0.1) is 0 Å². The highest BCUT2D eigenvalue weighted by molar-refractivity contribution is 7.89. The number of nitrogens with two attached hydrogens (primary N) is 1. The van der Waals surface area contributed by atoms with Crippen molar-refractivity contribution in [1.82, 2.24) is 30.5 Å². The topological polar surface area (TPSA) is 169 Å². The second-order valence-corrected chi connectivity index (χ2v) is 9.90. The fourth-order valence-corrected chi connectivity index (χ4v) is 5.20. The Labute approximate surface area is 206 Å². The zero-order chi connectivity index (χ0) is 24.8. The zero-order valence-electron chi connectivity index (χ0n) is 19.1. The first kappa shape index (κ1) is 24.5. The Morgan fingerprint density at radius 1 is 1.17 bits per heavy atom. The molecule has 14 heteroatoms. The van der Waals surface area contributed by atoms with Crippen molar-refractivity contribution in [2.75, 3.05) is 25.5 Å². The molecule has 0 fully saturated rings. The molecule has 2 aromatic heterocycles. The molecule has 0 saturated carbocycles. The van der Waals surface area contributed by atoms with Crippen molar-refractivity contribution in [3.63, 3.8) is 0 Å². The van der Waals surface area contributed by atoms with Gasteiger partial charge in [0.1, 0.15) is 28.6 Å². The molecule has 184 valence electrons. The molecule has 4 aromatic rings. The van der Waals surface area contributed by atoms with Crippen LogP contribution < -0.4 is 31.5 Å². The van der Waals surface area contributed by atoms with Gasteiger partial charge in [-0.25, -0.2) is 33.5 Å². The number of benzene rings is 2. The van der Waals surface area contributed by atoms with Crippen molar-refractivity contribution in [2.45, 2.75) is 18.2 Å². The molecule has 4 rings (SSSR count). The van der Waals surface area contributed by atoms with Gasteiger partial charge in [-0.05, 0) is 24.3 Å². The van der Waals surface area contributed by atoms with E-state index in [0.717, 1.165) is 15.9 Å². The van der Waals surface area contributed by atoms with Crippen molar-refractivity contribution in [3.05, 3.63) is 42.2 Å². The van der Waals surface area contributed by atoms with Crippen molar-refractivity contribution in [2.24, 2.45) is 10.9 Å². The minimum absolute atomic E-state index is 0.0359. The molecule has 0 aliphatic rings. The highest BCUT2D eigenvalue weighted by Crippen LogP contribution is 2.33. The van der Waals surface area contributed by atoms with Gasteiger partial charge in [-0.3, -0.25) is 0 Å². The summed E-state index contributed by atoms with van der Waals surface area (Å²) in [5.74, 6) is 6.38. The summed E-state index contributed by atoms with van der Waals surface area (Å²) in [4.78, 5) is 12.9. The third-order valence-electron chi connectivity index (χ3n) is 5.02. The predicted octanol–water partition coefficient (Wildman–Crippen LogP) is 2.05. The number of amidine groups is 1. The van der Waals surface area contributed by atoms with Gasteiger partial charge in [-0.15, -0.1) is 11.3 Å². The first-order chi connectivity index (χ1) is 16.9. The highest BCUT2D eigenvalue weighted by Gasteiger charge is 2.22. The molecule has 0 spiro atoms. The van der Waals surface area contributed by atoms with Crippen molar-refractivity contribution in [1.29, 1.82) is 0 Å². The summed E-state index contributed by atoms with van der Waals surface area (Å²) >= 11 is 1.55. The van der Waals surface area contributed by atoms with Gasteiger partial charge >= 0.3 is 0 Å². The molecule has 35 heavy (non-hydrogen) atoms. The lowest BCUT2D eigenvalue weighted by atomic mass is 10.2. The number of sulfonamides is 1. The number of thiazole rings is 1. The normalized spacial score (nSPS) is 12.2. The van der Waals surface area contributed by atoms with Gasteiger partial charge in [0.2, 0.25) is 10.0 Å². The van der Waals surface area contributed by atoms with Crippen LogP contribution in [0.3, 0.4) is 0 Å². The van der Waals surface area contributed by atoms with E-state index < -0.39 is 10.0 Å². The van der Waals surface area contributed by atoms with E-state index in [2.05, 4.69) is 40.9 Å². The van der Waals surface area contributed by atoms with E-state index in [0.29, 0.717) is 29.1 Å². The first-order valence-corrected chi connectivity index (χ1v) is 13.0. The summed E-state index contributed by atoms with van der Waals surface area (Å²) in [6.45, 7) is 2.62. The summed E-state index contributed by atoms with van der Waals surface area (Å²) in [6, 6.07) is 8.84. The van der Waals surface area contributed by atoms with Gasteiger partial charge in [0, 0.05) is 36.7 Å². The average molecular weight is 516 g/mol. The second-order valence-electron chi connectivity index (χ2n) is 7.28. The van der Waals surface area contributed by atoms with E-state index in [9.17, 15) is 8.42 Å². The number of hydrogen-bond donors (Lipinski definition) is 5. The molecule has 0 aliphatic carbocycles. The number of fused-ring (bicyclic) bond motifs is 2. The Hall–Kier alpha value is -3.59. The molecule has 12 nitrogen and oxygen atoms in total.